The molecule has 0 aliphatic carbocycles. The van der Waals surface area contributed by atoms with Crippen molar-refractivity contribution in [2.75, 3.05) is 20.3 Å². The SMILES string of the molecule is CN1C(=O)[C@]2(N=C1N)c1cc(-c3cccc(Cl)c3)ccc1Oc1c(F)cc(C3=CCOCC3)cc12. The number of carbonyl (C=O) groups is 1. The van der Waals surface area contributed by atoms with E-state index < -0.39 is 11.4 Å². The molecule has 0 saturated heterocycles. The second-order valence-electron chi connectivity index (χ2n) is 8.76. The van der Waals surface area contributed by atoms with Crippen molar-refractivity contribution in [3.63, 3.8) is 0 Å². The van der Waals surface area contributed by atoms with Gasteiger partial charge in [-0.05, 0) is 65.1 Å². The average molecular weight is 490 g/mol. The molecule has 3 aromatic carbocycles. The van der Waals surface area contributed by atoms with Crippen molar-refractivity contribution >= 4 is 29.0 Å². The van der Waals surface area contributed by atoms with Gasteiger partial charge in [-0.2, -0.15) is 0 Å². The number of hydrogen-bond acceptors (Lipinski definition) is 5. The van der Waals surface area contributed by atoms with E-state index in [1.54, 1.807) is 25.2 Å². The van der Waals surface area contributed by atoms with Gasteiger partial charge in [-0.1, -0.05) is 35.9 Å². The van der Waals surface area contributed by atoms with Crippen LogP contribution in [0.25, 0.3) is 16.7 Å². The van der Waals surface area contributed by atoms with Crippen molar-refractivity contribution in [2.24, 2.45) is 10.7 Å². The lowest BCUT2D eigenvalue weighted by atomic mass is 9.78. The number of aliphatic imine (C=N–C) groups is 1. The van der Waals surface area contributed by atoms with Crippen LogP contribution in [0, 0.1) is 5.82 Å². The topological polar surface area (TPSA) is 77.2 Å². The Labute approximate surface area is 206 Å². The Morgan fingerprint density at radius 1 is 1.09 bits per heavy atom. The molecule has 0 fully saturated rings. The maximum Gasteiger partial charge on any atom is 0.266 e. The number of ether oxygens (including phenoxy) is 2. The van der Waals surface area contributed by atoms with Gasteiger partial charge >= 0.3 is 0 Å². The average Bonchev–Trinajstić information content (AvgIpc) is 3.09. The summed E-state index contributed by atoms with van der Waals surface area (Å²) in [6, 6.07) is 16.0. The Morgan fingerprint density at radius 3 is 2.60 bits per heavy atom. The van der Waals surface area contributed by atoms with Gasteiger partial charge in [0, 0.05) is 23.2 Å². The number of nitrogens with zero attached hydrogens (tertiary/aromatic N) is 2. The van der Waals surface area contributed by atoms with Crippen molar-refractivity contribution in [3.05, 3.63) is 88.2 Å². The normalized spacial score (nSPS) is 20.8. The van der Waals surface area contributed by atoms with Crippen molar-refractivity contribution in [1.82, 2.24) is 4.90 Å². The summed E-state index contributed by atoms with van der Waals surface area (Å²) in [5.41, 5.74) is 8.70. The first kappa shape index (κ1) is 21.8. The van der Waals surface area contributed by atoms with E-state index in [1.165, 1.54) is 11.0 Å². The van der Waals surface area contributed by atoms with Gasteiger partial charge in [0.1, 0.15) is 5.75 Å². The molecule has 0 bridgehead atoms. The van der Waals surface area contributed by atoms with E-state index in [1.807, 2.05) is 36.4 Å². The molecule has 6 nitrogen and oxygen atoms in total. The molecule has 0 saturated carbocycles. The van der Waals surface area contributed by atoms with E-state index in [0.717, 1.165) is 16.7 Å². The van der Waals surface area contributed by atoms with Crippen molar-refractivity contribution < 1.29 is 18.7 Å². The number of benzene rings is 3. The summed E-state index contributed by atoms with van der Waals surface area (Å²) in [6.45, 7) is 0.999. The second kappa shape index (κ2) is 7.93. The molecule has 0 aromatic heterocycles. The maximum absolute atomic E-state index is 15.5. The van der Waals surface area contributed by atoms with Crippen LogP contribution in [0.2, 0.25) is 5.02 Å². The van der Waals surface area contributed by atoms with Crippen LogP contribution in [0.1, 0.15) is 23.1 Å². The molecule has 3 aliphatic rings. The maximum atomic E-state index is 15.5. The standard InChI is InChI=1S/C27H21ClFN3O3/c1-32-25(33)27(31-26(32)30)20-12-17(16-3-2-4-19(28)11-16)5-6-23(20)35-24-21(27)13-18(14-22(24)29)15-7-9-34-10-8-15/h2-7,11-14H,8-10H2,1H3,(H2,30,31)/t27-/m0/s1. The number of hydrogen-bond donors (Lipinski definition) is 1. The van der Waals surface area contributed by atoms with Crippen LogP contribution in [0.4, 0.5) is 4.39 Å². The first-order chi connectivity index (χ1) is 16.9. The Balaban J connectivity index is 1.61. The highest BCUT2D eigenvalue weighted by Gasteiger charge is 2.55. The third-order valence-corrected chi connectivity index (χ3v) is 6.98. The van der Waals surface area contributed by atoms with Crippen LogP contribution in [0.15, 0.2) is 65.7 Å². The van der Waals surface area contributed by atoms with E-state index in [9.17, 15) is 4.79 Å². The minimum absolute atomic E-state index is 0.0235. The van der Waals surface area contributed by atoms with E-state index in [-0.39, 0.29) is 17.6 Å². The molecule has 8 heteroatoms. The number of fused-ring (bicyclic) bond motifs is 4. The summed E-state index contributed by atoms with van der Waals surface area (Å²) >= 11 is 6.22. The number of likely N-dealkylation sites (N-methyl/N-ethyl adjacent to an activating group) is 1. The molecule has 1 spiro atoms. The van der Waals surface area contributed by atoms with Gasteiger partial charge in [0.25, 0.3) is 5.91 Å². The van der Waals surface area contributed by atoms with E-state index in [4.69, 9.17) is 26.8 Å². The minimum atomic E-state index is -1.57. The van der Waals surface area contributed by atoms with Crippen LogP contribution in [-0.2, 0) is 15.1 Å². The van der Waals surface area contributed by atoms with Gasteiger partial charge in [0.05, 0.1) is 13.2 Å². The monoisotopic (exact) mass is 489 g/mol. The molecule has 2 N–H and O–H groups in total. The summed E-state index contributed by atoms with van der Waals surface area (Å²) in [5.74, 6) is -0.561. The molecule has 0 unspecified atom stereocenters. The third-order valence-electron chi connectivity index (χ3n) is 6.75. The zero-order valence-corrected chi connectivity index (χ0v) is 19.6. The predicted molar refractivity (Wildman–Crippen MR) is 132 cm³/mol. The summed E-state index contributed by atoms with van der Waals surface area (Å²) in [5, 5.41) is 0.590. The van der Waals surface area contributed by atoms with Crippen LogP contribution in [0.5, 0.6) is 11.5 Å². The number of halogens is 2. The Morgan fingerprint density at radius 2 is 1.89 bits per heavy atom. The molecule has 6 rings (SSSR count). The number of carbonyl (C=O) groups excluding carboxylic acids is 1. The van der Waals surface area contributed by atoms with Crippen LogP contribution in [-0.4, -0.2) is 37.0 Å². The lowest BCUT2D eigenvalue weighted by Crippen LogP contribution is -2.42. The van der Waals surface area contributed by atoms with Gasteiger partial charge in [-0.15, -0.1) is 0 Å². The molecule has 176 valence electrons. The molecule has 3 aromatic rings. The van der Waals surface area contributed by atoms with Crippen molar-refractivity contribution in [3.8, 4) is 22.6 Å². The molecule has 1 amide bonds. The Kier molecular flexibility index (Phi) is 4.95. The smallest absolute Gasteiger partial charge is 0.266 e. The van der Waals surface area contributed by atoms with Gasteiger partial charge < -0.3 is 15.2 Å². The van der Waals surface area contributed by atoms with Crippen LogP contribution < -0.4 is 10.5 Å². The first-order valence-electron chi connectivity index (χ1n) is 11.2. The highest BCUT2D eigenvalue weighted by Crippen LogP contribution is 2.54. The summed E-state index contributed by atoms with van der Waals surface area (Å²) in [6.07, 6.45) is 2.56. The van der Waals surface area contributed by atoms with Gasteiger partial charge in [0.2, 0.25) is 5.54 Å². The van der Waals surface area contributed by atoms with Crippen LogP contribution >= 0.6 is 11.6 Å². The molecule has 3 aliphatic heterocycles. The van der Waals surface area contributed by atoms with E-state index >= 15 is 4.39 Å². The fraction of sp³-hybridized carbons (Fsp3) is 0.185. The molecule has 0 radical (unpaired) electrons. The van der Waals surface area contributed by atoms with E-state index in [2.05, 4.69) is 4.99 Å². The van der Waals surface area contributed by atoms with Crippen molar-refractivity contribution in [1.29, 1.82) is 0 Å². The largest absolute Gasteiger partial charge is 0.453 e. The van der Waals surface area contributed by atoms with Crippen LogP contribution in [0.3, 0.4) is 0 Å². The molecule has 1 atom stereocenters. The first-order valence-corrected chi connectivity index (χ1v) is 11.6. The third kappa shape index (κ3) is 3.26. The molecule has 3 heterocycles. The summed E-state index contributed by atoms with van der Waals surface area (Å²) in [7, 11) is 1.56. The molecular formula is C27H21ClFN3O3. The minimum Gasteiger partial charge on any atom is -0.453 e. The molecule has 35 heavy (non-hydrogen) atoms. The quantitative estimate of drug-likeness (QED) is 0.544. The lowest BCUT2D eigenvalue weighted by Gasteiger charge is -2.34. The number of nitrogens with two attached hydrogens (primary N) is 1. The van der Waals surface area contributed by atoms with Gasteiger partial charge in [-0.3, -0.25) is 9.69 Å². The fourth-order valence-electron chi connectivity index (χ4n) is 4.94. The van der Waals surface area contributed by atoms with Crippen molar-refractivity contribution in [2.45, 2.75) is 12.0 Å². The van der Waals surface area contributed by atoms with E-state index in [0.29, 0.717) is 47.1 Å². The zero-order valence-electron chi connectivity index (χ0n) is 18.8. The fourth-order valence-corrected chi connectivity index (χ4v) is 5.13. The Hall–Kier alpha value is -3.68. The highest BCUT2D eigenvalue weighted by molar-refractivity contribution is 6.30. The molecular weight excluding hydrogens is 469 g/mol. The number of guanidine groups is 1. The highest BCUT2D eigenvalue weighted by atomic mass is 35.5. The van der Waals surface area contributed by atoms with Gasteiger partial charge in [0.15, 0.2) is 17.5 Å². The second-order valence-corrected chi connectivity index (χ2v) is 9.19. The summed E-state index contributed by atoms with van der Waals surface area (Å²) < 4.78 is 27.0. The number of amides is 1. The Bertz CT molecular complexity index is 1470. The van der Waals surface area contributed by atoms with Gasteiger partial charge in [-0.25, -0.2) is 9.38 Å². The predicted octanol–water partition coefficient (Wildman–Crippen LogP) is 5.09. The number of rotatable bonds is 2. The summed E-state index contributed by atoms with van der Waals surface area (Å²) in [4.78, 5) is 19.8. The zero-order chi connectivity index (χ0) is 24.3. The lowest BCUT2D eigenvalue weighted by molar-refractivity contribution is -0.129.